The zero-order chi connectivity index (χ0) is 17.1. The number of esters is 1. The Morgan fingerprint density at radius 2 is 2.00 bits per heavy atom. The largest absolute Gasteiger partial charge is 0.464 e. The molecule has 3 rings (SSSR count). The van der Waals surface area contributed by atoms with Crippen molar-refractivity contribution in [1.82, 2.24) is 14.8 Å². The summed E-state index contributed by atoms with van der Waals surface area (Å²) in [6, 6.07) is 9.59. The molecular weight excluding hydrogens is 306 g/mol. The minimum absolute atomic E-state index is 0.0794. The first-order valence-electron chi connectivity index (χ1n) is 7.61. The minimum Gasteiger partial charge on any atom is -0.464 e. The third-order valence-electron chi connectivity index (χ3n) is 3.63. The van der Waals surface area contributed by atoms with Crippen LogP contribution in [0.4, 0.5) is 0 Å². The molecule has 0 aliphatic carbocycles. The number of Topliss-reactive ketones (excluding diaryl/α,β-unsaturated/α-hetero) is 1. The van der Waals surface area contributed by atoms with Crippen molar-refractivity contribution < 1.29 is 14.3 Å². The van der Waals surface area contributed by atoms with Crippen molar-refractivity contribution in [3.8, 4) is 11.3 Å². The summed E-state index contributed by atoms with van der Waals surface area (Å²) >= 11 is 0. The van der Waals surface area contributed by atoms with Crippen molar-refractivity contribution in [1.29, 1.82) is 0 Å². The first-order valence-corrected chi connectivity index (χ1v) is 7.61. The highest BCUT2D eigenvalue weighted by atomic mass is 16.5. The number of ketones is 1. The van der Waals surface area contributed by atoms with E-state index in [1.165, 1.54) is 13.8 Å². The predicted molar refractivity (Wildman–Crippen MR) is 89.6 cm³/mol. The third-order valence-corrected chi connectivity index (χ3v) is 3.63. The summed E-state index contributed by atoms with van der Waals surface area (Å²) in [5.41, 5.74) is 1.96. The molecule has 0 saturated heterocycles. The van der Waals surface area contributed by atoms with Gasteiger partial charge in [-0.2, -0.15) is 5.10 Å². The lowest BCUT2D eigenvalue weighted by Gasteiger charge is -2.06. The highest BCUT2D eigenvalue weighted by Crippen LogP contribution is 2.27. The van der Waals surface area contributed by atoms with Gasteiger partial charge in [-0.3, -0.25) is 14.3 Å². The molecule has 2 heterocycles. The summed E-state index contributed by atoms with van der Waals surface area (Å²) in [5, 5.41) is 6.19. The number of aromatic nitrogens is 3. The fourth-order valence-electron chi connectivity index (χ4n) is 2.49. The average Bonchev–Trinajstić information content (AvgIpc) is 3.02. The van der Waals surface area contributed by atoms with E-state index in [1.807, 2.05) is 30.5 Å². The van der Waals surface area contributed by atoms with Crippen LogP contribution in [0.1, 0.15) is 24.3 Å². The molecule has 122 valence electrons. The lowest BCUT2D eigenvalue weighted by Crippen LogP contribution is -2.08. The van der Waals surface area contributed by atoms with Crippen molar-refractivity contribution in [2.45, 2.75) is 20.4 Å². The van der Waals surface area contributed by atoms with Crippen LogP contribution >= 0.6 is 0 Å². The Balaban J connectivity index is 1.98. The molecular formula is C18H17N3O3. The maximum atomic E-state index is 11.8. The molecule has 0 unspecified atom stereocenters. The molecule has 1 aromatic carbocycles. The molecule has 0 radical (unpaired) electrons. The molecule has 0 N–H and O–H groups in total. The first-order chi connectivity index (χ1) is 11.5. The molecule has 24 heavy (non-hydrogen) atoms. The predicted octanol–water partition coefficient (Wildman–Crippen LogP) is 2.86. The second-order valence-electron chi connectivity index (χ2n) is 5.47. The van der Waals surface area contributed by atoms with Crippen molar-refractivity contribution >= 4 is 22.5 Å². The van der Waals surface area contributed by atoms with E-state index in [9.17, 15) is 9.59 Å². The van der Waals surface area contributed by atoms with Crippen molar-refractivity contribution in [2.24, 2.45) is 0 Å². The summed E-state index contributed by atoms with van der Waals surface area (Å²) < 4.78 is 6.61. The lowest BCUT2D eigenvalue weighted by atomic mass is 10.0. The fourth-order valence-corrected chi connectivity index (χ4v) is 2.49. The number of fused-ring (bicyclic) bond motifs is 1. The summed E-state index contributed by atoms with van der Waals surface area (Å²) in [6.07, 6.45) is 3.54. The average molecular weight is 323 g/mol. The van der Waals surface area contributed by atoms with Crippen molar-refractivity contribution in [3.05, 3.63) is 48.4 Å². The van der Waals surface area contributed by atoms with Gasteiger partial charge in [0.1, 0.15) is 12.3 Å². The maximum Gasteiger partial charge on any atom is 0.302 e. The second kappa shape index (κ2) is 6.62. The van der Waals surface area contributed by atoms with E-state index >= 15 is 0 Å². The number of nitrogens with zero attached hydrogens (tertiary/aromatic N) is 3. The third kappa shape index (κ3) is 3.32. The van der Waals surface area contributed by atoms with E-state index in [0.29, 0.717) is 12.2 Å². The van der Waals surface area contributed by atoms with Gasteiger partial charge in [-0.15, -0.1) is 0 Å². The van der Waals surface area contributed by atoms with Crippen LogP contribution in [0.2, 0.25) is 0 Å². The number of hydrogen-bond acceptors (Lipinski definition) is 5. The topological polar surface area (TPSA) is 74.1 Å². The van der Waals surface area contributed by atoms with Crippen LogP contribution in [-0.2, 0) is 16.1 Å². The second-order valence-corrected chi connectivity index (χ2v) is 5.47. The van der Waals surface area contributed by atoms with Crippen LogP contribution in [0.15, 0.2) is 42.7 Å². The zero-order valence-electron chi connectivity index (χ0n) is 13.5. The van der Waals surface area contributed by atoms with Crippen LogP contribution in [0.5, 0.6) is 0 Å². The molecule has 6 nitrogen and oxygen atoms in total. The van der Waals surface area contributed by atoms with Crippen LogP contribution in [0.3, 0.4) is 0 Å². The maximum absolute atomic E-state index is 11.8. The van der Waals surface area contributed by atoms with E-state index < -0.39 is 0 Å². The number of benzene rings is 1. The van der Waals surface area contributed by atoms with Gasteiger partial charge in [-0.05, 0) is 11.5 Å². The summed E-state index contributed by atoms with van der Waals surface area (Å²) in [6.45, 7) is 3.60. The first kappa shape index (κ1) is 15.9. The molecule has 0 fully saturated rings. The molecule has 2 aromatic heterocycles. The Morgan fingerprint density at radius 3 is 2.75 bits per heavy atom. The van der Waals surface area contributed by atoms with Gasteiger partial charge in [-0.1, -0.05) is 24.3 Å². The van der Waals surface area contributed by atoms with Gasteiger partial charge in [0.05, 0.1) is 18.4 Å². The molecule has 3 aromatic rings. The summed E-state index contributed by atoms with van der Waals surface area (Å²) in [7, 11) is 0. The van der Waals surface area contributed by atoms with Crippen LogP contribution in [0.25, 0.3) is 22.0 Å². The van der Waals surface area contributed by atoms with E-state index in [4.69, 9.17) is 4.74 Å². The quantitative estimate of drug-likeness (QED) is 0.533. The van der Waals surface area contributed by atoms with Crippen molar-refractivity contribution in [2.75, 3.05) is 6.61 Å². The monoisotopic (exact) mass is 323 g/mol. The Bertz CT molecular complexity index is 915. The van der Waals surface area contributed by atoms with Gasteiger partial charge in [0.2, 0.25) is 0 Å². The number of carbonyl (C=O) groups excluding carboxylic acids is 2. The molecule has 0 amide bonds. The highest BCUT2D eigenvalue weighted by molar-refractivity contribution is 6.01. The van der Waals surface area contributed by atoms with Crippen LogP contribution < -0.4 is 0 Å². The highest BCUT2D eigenvalue weighted by Gasteiger charge is 2.12. The Hall–Kier alpha value is -3.02. The SMILES string of the molecule is CC(=O)OCCn1cc(-c2nc(C(C)=O)cc3ccccc23)cn1. The minimum atomic E-state index is -0.316. The van der Waals surface area contributed by atoms with Gasteiger partial charge < -0.3 is 4.74 Å². The Morgan fingerprint density at radius 1 is 1.21 bits per heavy atom. The summed E-state index contributed by atoms with van der Waals surface area (Å²) in [5.74, 6) is -0.395. The summed E-state index contributed by atoms with van der Waals surface area (Å²) in [4.78, 5) is 27.1. The van der Waals surface area contributed by atoms with E-state index in [1.54, 1.807) is 16.9 Å². The Labute approximate surface area is 139 Å². The smallest absolute Gasteiger partial charge is 0.302 e. The zero-order valence-corrected chi connectivity index (χ0v) is 13.5. The van der Waals surface area contributed by atoms with Crippen LogP contribution in [0, 0.1) is 0 Å². The number of rotatable bonds is 5. The molecule has 0 aliphatic heterocycles. The van der Waals surface area contributed by atoms with E-state index in [0.717, 1.165) is 22.0 Å². The lowest BCUT2D eigenvalue weighted by molar-refractivity contribution is -0.141. The molecule has 6 heteroatoms. The van der Waals surface area contributed by atoms with Gasteiger partial charge in [-0.25, -0.2) is 4.98 Å². The molecule has 0 bridgehead atoms. The molecule has 0 aliphatic rings. The fraction of sp³-hybridized carbons (Fsp3) is 0.222. The number of pyridine rings is 1. The molecule has 0 spiro atoms. The molecule has 0 saturated carbocycles. The molecule has 0 atom stereocenters. The normalized spacial score (nSPS) is 10.8. The van der Waals surface area contributed by atoms with Gasteiger partial charge in [0, 0.05) is 31.0 Å². The van der Waals surface area contributed by atoms with Gasteiger partial charge in [0.25, 0.3) is 0 Å². The van der Waals surface area contributed by atoms with Gasteiger partial charge in [0.15, 0.2) is 5.78 Å². The standard InChI is InChI=1S/C18H17N3O3/c1-12(22)17-9-14-5-3-4-6-16(14)18(20-17)15-10-19-21(11-15)7-8-24-13(2)23/h3-6,9-11H,7-8H2,1-2H3. The van der Waals surface area contributed by atoms with E-state index in [-0.39, 0.29) is 18.4 Å². The van der Waals surface area contributed by atoms with Crippen LogP contribution in [-0.4, -0.2) is 33.1 Å². The number of hydrogen-bond donors (Lipinski definition) is 0. The Kier molecular flexibility index (Phi) is 4.37. The van der Waals surface area contributed by atoms with Gasteiger partial charge >= 0.3 is 5.97 Å². The number of ether oxygens (including phenoxy) is 1. The number of carbonyl (C=O) groups is 2. The van der Waals surface area contributed by atoms with E-state index in [2.05, 4.69) is 10.1 Å². The van der Waals surface area contributed by atoms with Crippen molar-refractivity contribution in [3.63, 3.8) is 0 Å².